The van der Waals surface area contributed by atoms with Crippen molar-refractivity contribution >= 4 is 24.5 Å². The fraction of sp³-hybridized carbons (Fsp3) is 0.480. The predicted octanol–water partition coefficient (Wildman–Crippen LogP) is 3.62. The number of carbonyl (C=O) groups excluding carboxylic acids is 1. The van der Waals surface area contributed by atoms with Gasteiger partial charge in [-0.1, -0.05) is 24.3 Å². The molecule has 1 amide bonds. The van der Waals surface area contributed by atoms with Gasteiger partial charge in [0.15, 0.2) is 5.60 Å². The Morgan fingerprint density at radius 1 is 1.13 bits per heavy atom. The number of benzene rings is 2. The van der Waals surface area contributed by atoms with Crippen LogP contribution >= 0.6 is 0 Å². The molecule has 0 aromatic heterocycles. The maximum atomic E-state index is 13.3. The normalized spacial score (nSPS) is 17.1. The van der Waals surface area contributed by atoms with E-state index in [0.29, 0.717) is 12.5 Å². The Labute approximate surface area is 180 Å². The molecule has 1 radical (unpaired) electrons. The first-order valence-electron chi connectivity index (χ1n) is 10.9. The Morgan fingerprint density at radius 2 is 1.87 bits per heavy atom. The molecule has 0 unspecified atom stereocenters. The average Bonchev–Trinajstić information content (AvgIpc) is 3.52. The van der Waals surface area contributed by atoms with Gasteiger partial charge in [0.2, 0.25) is 0 Å². The van der Waals surface area contributed by atoms with E-state index >= 15 is 0 Å². The van der Waals surface area contributed by atoms with Crippen molar-refractivity contribution in [1.29, 1.82) is 0 Å². The molecule has 2 aromatic carbocycles. The van der Waals surface area contributed by atoms with Gasteiger partial charge < -0.3 is 14.7 Å². The molecule has 1 aliphatic heterocycles. The lowest BCUT2D eigenvalue weighted by atomic mass is 9.80. The zero-order chi connectivity index (χ0) is 21.7. The van der Waals surface area contributed by atoms with Crippen LogP contribution in [-0.2, 0) is 11.1 Å². The highest BCUT2D eigenvalue weighted by Crippen LogP contribution is 2.41. The molecular formula is C25H32BNO3+. The molecule has 1 aliphatic carbocycles. The molecule has 2 N–H and O–H groups in total. The van der Waals surface area contributed by atoms with Crippen molar-refractivity contribution < 1.29 is 14.6 Å². The zero-order valence-electron chi connectivity index (χ0n) is 18.7. The summed E-state index contributed by atoms with van der Waals surface area (Å²) in [5, 5.41) is 8.30. The van der Waals surface area contributed by atoms with Crippen molar-refractivity contribution in [2.75, 3.05) is 11.4 Å². The molecule has 1 saturated carbocycles. The van der Waals surface area contributed by atoms with Crippen LogP contribution < -0.4 is 10.4 Å². The van der Waals surface area contributed by atoms with Gasteiger partial charge >= 0.3 is 7.48 Å². The van der Waals surface area contributed by atoms with Crippen molar-refractivity contribution in [3.05, 3.63) is 58.7 Å². The van der Waals surface area contributed by atoms with Crippen LogP contribution in [-0.4, -0.2) is 36.2 Å². The van der Waals surface area contributed by atoms with Crippen molar-refractivity contribution in [2.45, 2.75) is 71.0 Å². The maximum Gasteiger partial charge on any atom is 0.331 e. The zero-order valence-corrected chi connectivity index (χ0v) is 18.7. The molecule has 4 rings (SSSR count). The SMILES string of the molecule is Cc1c([B]OC(C)(C)C(C)(C)[OH2+])cccc1N1CCc2cc(C3CC3)ccc2C1=O. The Morgan fingerprint density at radius 3 is 2.53 bits per heavy atom. The molecule has 157 valence electrons. The molecule has 0 atom stereocenters. The summed E-state index contributed by atoms with van der Waals surface area (Å²) in [6.45, 7) is 10.3. The molecule has 2 aromatic rings. The minimum atomic E-state index is -0.735. The summed E-state index contributed by atoms with van der Waals surface area (Å²) in [6.07, 6.45) is 3.43. The maximum absolute atomic E-state index is 13.3. The highest BCUT2D eigenvalue weighted by Gasteiger charge is 2.40. The fourth-order valence-electron chi connectivity index (χ4n) is 3.83. The van der Waals surface area contributed by atoms with E-state index in [0.717, 1.165) is 28.7 Å². The van der Waals surface area contributed by atoms with Crippen LogP contribution in [0.5, 0.6) is 0 Å². The van der Waals surface area contributed by atoms with Gasteiger partial charge in [-0.15, -0.1) is 0 Å². The lowest BCUT2D eigenvalue weighted by molar-refractivity contribution is -0.0893. The second kappa shape index (κ2) is 7.54. The van der Waals surface area contributed by atoms with E-state index in [4.69, 9.17) is 9.76 Å². The fourth-order valence-corrected chi connectivity index (χ4v) is 3.83. The second-order valence-corrected chi connectivity index (χ2v) is 9.76. The second-order valence-electron chi connectivity index (χ2n) is 9.76. The van der Waals surface area contributed by atoms with Crippen LogP contribution in [0, 0.1) is 6.92 Å². The Balaban J connectivity index is 1.56. The van der Waals surface area contributed by atoms with Gasteiger partial charge in [-0.2, -0.15) is 0 Å². The van der Waals surface area contributed by atoms with Crippen molar-refractivity contribution in [1.82, 2.24) is 0 Å². The van der Waals surface area contributed by atoms with E-state index in [1.165, 1.54) is 24.0 Å². The lowest BCUT2D eigenvalue weighted by Gasteiger charge is -2.34. The molecule has 0 spiro atoms. The van der Waals surface area contributed by atoms with Crippen LogP contribution in [0.1, 0.15) is 73.5 Å². The number of amides is 1. The monoisotopic (exact) mass is 405 g/mol. The van der Waals surface area contributed by atoms with E-state index in [2.05, 4.69) is 12.1 Å². The number of hydrogen-bond donors (Lipinski definition) is 0. The number of nitrogens with zero attached hydrogens (tertiary/aromatic N) is 1. The first-order valence-corrected chi connectivity index (χ1v) is 10.9. The van der Waals surface area contributed by atoms with Crippen molar-refractivity contribution in [3.63, 3.8) is 0 Å². The highest BCUT2D eigenvalue weighted by atomic mass is 16.5. The van der Waals surface area contributed by atoms with E-state index in [1.54, 1.807) is 7.48 Å². The number of fused-ring (bicyclic) bond motifs is 1. The summed E-state index contributed by atoms with van der Waals surface area (Å²) in [6, 6.07) is 12.4. The van der Waals surface area contributed by atoms with Gasteiger partial charge in [-0.3, -0.25) is 4.79 Å². The van der Waals surface area contributed by atoms with Crippen LogP contribution in [0.25, 0.3) is 0 Å². The molecule has 1 heterocycles. The molecule has 30 heavy (non-hydrogen) atoms. The van der Waals surface area contributed by atoms with Gasteiger partial charge in [0.1, 0.15) is 5.60 Å². The van der Waals surface area contributed by atoms with Crippen molar-refractivity contribution in [3.8, 4) is 0 Å². The van der Waals surface area contributed by atoms with Gasteiger partial charge in [0, 0.05) is 31.6 Å². The smallest absolute Gasteiger partial charge is 0.331 e. The molecule has 0 bridgehead atoms. The summed E-state index contributed by atoms with van der Waals surface area (Å²) in [5.41, 5.74) is 4.92. The Hall–Kier alpha value is -2.11. The predicted molar refractivity (Wildman–Crippen MR) is 123 cm³/mol. The third-order valence-corrected chi connectivity index (χ3v) is 6.88. The van der Waals surface area contributed by atoms with Crippen LogP contribution in [0.3, 0.4) is 0 Å². The number of hydrogen-bond acceptors (Lipinski definition) is 2. The van der Waals surface area contributed by atoms with Crippen LogP contribution in [0.2, 0.25) is 0 Å². The van der Waals surface area contributed by atoms with Gasteiger partial charge in [0.05, 0.1) is 0 Å². The third kappa shape index (κ3) is 3.93. The van der Waals surface area contributed by atoms with Crippen LogP contribution in [0.4, 0.5) is 5.69 Å². The minimum Gasteiger partial charge on any atom is -0.439 e. The standard InChI is InChI=1S/C25H31BNO3/c1-16-21(26-30-25(4,5)24(2,3)29)7-6-8-22(16)27-14-13-19-15-18(17-9-10-17)11-12-20(19)23(27)28/h6-8,11-12,15,17,29H,9-10,13-14H2,1-5H3/p+1. The van der Waals surface area contributed by atoms with E-state index < -0.39 is 11.2 Å². The molecule has 1 fully saturated rings. The quantitative estimate of drug-likeness (QED) is 0.545. The Bertz CT molecular complexity index is 973. The summed E-state index contributed by atoms with van der Waals surface area (Å²) in [5.74, 6) is 0.781. The largest absolute Gasteiger partial charge is 0.439 e. The average molecular weight is 405 g/mol. The molecule has 0 saturated heterocycles. The summed E-state index contributed by atoms with van der Waals surface area (Å²) < 4.78 is 6.01. The van der Waals surface area contributed by atoms with Gasteiger partial charge in [-0.05, 0) is 80.2 Å². The number of carbonyl (C=O) groups is 1. The molecular weight excluding hydrogens is 373 g/mol. The Kier molecular flexibility index (Phi) is 5.32. The summed E-state index contributed by atoms with van der Waals surface area (Å²) in [7, 11) is 1.74. The molecule has 5 heteroatoms. The third-order valence-electron chi connectivity index (χ3n) is 6.88. The molecule has 4 nitrogen and oxygen atoms in total. The van der Waals surface area contributed by atoms with Gasteiger partial charge in [0.25, 0.3) is 5.91 Å². The summed E-state index contributed by atoms with van der Waals surface area (Å²) in [4.78, 5) is 15.2. The lowest BCUT2D eigenvalue weighted by Crippen LogP contribution is -2.49. The minimum absolute atomic E-state index is 0.0763. The summed E-state index contributed by atoms with van der Waals surface area (Å²) >= 11 is 0. The number of rotatable bonds is 6. The first-order chi connectivity index (χ1) is 14.1. The van der Waals surface area contributed by atoms with Gasteiger partial charge in [-0.25, -0.2) is 0 Å². The van der Waals surface area contributed by atoms with Crippen molar-refractivity contribution in [2.24, 2.45) is 0 Å². The molecule has 2 aliphatic rings. The topological polar surface area (TPSA) is 52.4 Å². The highest BCUT2D eigenvalue weighted by molar-refractivity contribution is 6.48. The number of anilines is 1. The van der Waals surface area contributed by atoms with E-state index in [1.807, 2.05) is 63.8 Å². The first kappa shape index (κ1) is 21.1. The van der Waals surface area contributed by atoms with Crippen LogP contribution in [0.15, 0.2) is 36.4 Å². The van der Waals surface area contributed by atoms with E-state index in [9.17, 15) is 4.79 Å². The van der Waals surface area contributed by atoms with E-state index in [-0.39, 0.29) is 5.91 Å².